The molecule has 0 spiro atoms. The fraction of sp³-hybridized carbons (Fsp3) is 0.250. The minimum Gasteiger partial charge on any atom is -0.487 e. The van der Waals surface area contributed by atoms with Crippen molar-refractivity contribution in [3.8, 4) is 11.8 Å². The smallest absolute Gasteiger partial charge is 0.339 e. The zero-order chi connectivity index (χ0) is 17.3. The van der Waals surface area contributed by atoms with Crippen LogP contribution in [0.3, 0.4) is 0 Å². The van der Waals surface area contributed by atoms with E-state index in [1.807, 2.05) is 6.07 Å². The first kappa shape index (κ1) is 16.2. The van der Waals surface area contributed by atoms with Crippen molar-refractivity contribution in [2.75, 3.05) is 13.1 Å². The topological polar surface area (TPSA) is 101 Å². The highest BCUT2D eigenvalue weighted by Gasteiger charge is 2.39. The van der Waals surface area contributed by atoms with Gasteiger partial charge in [-0.25, -0.2) is 13.2 Å². The van der Waals surface area contributed by atoms with Crippen molar-refractivity contribution >= 4 is 10.0 Å². The molecule has 2 heterocycles. The minimum atomic E-state index is -3.74. The van der Waals surface area contributed by atoms with Gasteiger partial charge in [0.1, 0.15) is 23.7 Å². The molecule has 3 rings (SSSR count). The molecule has 1 saturated heterocycles. The Morgan fingerprint density at radius 2 is 2.00 bits per heavy atom. The van der Waals surface area contributed by atoms with Gasteiger partial charge in [0.2, 0.25) is 10.0 Å². The standard InChI is InChI=1S/C16H14N2O5S/c1-11-6-13(7-16(19)22-11)23-14-9-18(10-14)24(20,21)15-5-3-2-4-12(15)8-17/h2-7,14H,9-10H2,1H3. The third kappa shape index (κ3) is 3.04. The van der Waals surface area contributed by atoms with Crippen molar-refractivity contribution in [3.05, 3.63) is 58.1 Å². The molecule has 1 aromatic heterocycles. The zero-order valence-electron chi connectivity index (χ0n) is 12.8. The number of rotatable bonds is 4. The monoisotopic (exact) mass is 346 g/mol. The van der Waals surface area contributed by atoms with Gasteiger partial charge in [0.15, 0.2) is 0 Å². The Bertz CT molecular complexity index is 968. The average molecular weight is 346 g/mol. The number of aryl methyl sites for hydroxylation is 1. The highest BCUT2D eigenvalue weighted by atomic mass is 32.2. The Morgan fingerprint density at radius 1 is 1.29 bits per heavy atom. The zero-order valence-corrected chi connectivity index (χ0v) is 13.6. The van der Waals surface area contributed by atoms with Crippen LogP contribution < -0.4 is 10.4 Å². The first-order valence-corrected chi connectivity index (χ1v) is 8.62. The maximum absolute atomic E-state index is 12.6. The van der Waals surface area contributed by atoms with E-state index < -0.39 is 15.6 Å². The number of hydrogen-bond acceptors (Lipinski definition) is 6. The summed E-state index contributed by atoms with van der Waals surface area (Å²) < 4.78 is 36.8. The van der Waals surface area contributed by atoms with E-state index in [1.165, 1.54) is 22.5 Å². The molecule has 0 N–H and O–H groups in total. The summed E-state index contributed by atoms with van der Waals surface area (Å²) in [4.78, 5) is 11.3. The first-order valence-electron chi connectivity index (χ1n) is 7.18. The molecule has 124 valence electrons. The molecule has 0 radical (unpaired) electrons. The van der Waals surface area contributed by atoms with Gasteiger partial charge in [0.25, 0.3) is 0 Å². The molecule has 1 aromatic carbocycles. The fourth-order valence-corrected chi connectivity index (χ4v) is 4.08. The normalized spacial score (nSPS) is 15.5. The Morgan fingerprint density at radius 3 is 2.67 bits per heavy atom. The molecule has 0 saturated carbocycles. The second kappa shape index (κ2) is 6.11. The number of benzene rings is 1. The summed E-state index contributed by atoms with van der Waals surface area (Å²) in [7, 11) is -3.74. The molecule has 1 fully saturated rings. The van der Waals surface area contributed by atoms with Gasteiger partial charge in [-0.15, -0.1) is 0 Å². The van der Waals surface area contributed by atoms with E-state index in [1.54, 1.807) is 25.1 Å². The second-order valence-electron chi connectivity index (χ2n) is 5.39. The third-order valence-corrected chi connectivity index (χ3v) is 5.50. The lowest BCUT2D eigenvalue weighted by Gasteiger charge is -2.37. The second-order valence-corrected chi connectivity index (χ2v) is 7.30. The lowest BCUT2D eigenvalue weighted by Crippen LogP contribution is -2.56. The van der Waals surface area contributed by atoms with E-state index in [4.69, 9.17) is 14.4 Å². The van der Waals surface area contributed by atoms with Crippen molar-refractivity contribution in [2.24, 2.45) is 0 Å². The lowest BCUT2D eigenvalue weighted by atomic mass is 10.2. The summed E-state index contributed by atoms with van der Waals surface area (Å²) >= 11 is 0. The van der Waals surface area contributed by atoms with Crippen LogP contribution in [0, 0.1) is 18.3 Å². The summed E-state index contributed by atoms with van der Waals surface area (Å²) in [6.45, 7) is 1.94. The number of sulfonamides is 1. The largest absolute Gasteiger partial charge is 0.487 e. The van der Waals surface area contributed by atoms with Gasteiger partial charge in [-0.2, -0.15) is 9.57 Å². The van der Waals surface area contributed by atoms with E-state index in [0.29, 0.717) is 11.5 Å². The molecule has 0 unspecified atom stereocenters. The van der Waals surface area contributed by atoms with Crippen molar-refractivity contribution < 1.29 is 17.6 Å². The van der Waals surface area contributed by atoms with Gasteiger partial charge in [-0.3, -0.25) is 0 Å². The number of nitrogens with zero attached hydrogens (tertiary/aromatic N) is 2. The van der Waals surface area contributed by atoms with Crippen LogP contribution in [0.4, 0.5) is 0 Å². The highest BCUT2D eigenvalue weighted by Crippen LogP contribution is 2.26. The molecule has 0 atom stereocenters. The maximum atomic E-state index is 12.6. The SMILES string of the molecule is Cc1cc(OC2CN(S(=O)(=O)c3ccccc3C#N)C2)cc(=O)o1. The van der Waals surface area contributed by atoms with Crippen LogP contribution in [0.5, 0.6) is 5.75 Å². The summed E-state index contributed by atoms with van der Waals surface area (Å²) in [5, 5.41) is 9.06. The van der Waals surface area contributed by atoms with Gasteiger partial charge in [-0.05, 0) is 19.1 Å². The van der Waals surface area contributed by atoms with Crippen LogP contribution in [0.1, 0.15) is 11.3 Å². The highest BCUT2D eigenvalue weighted by molar-refractivity contribution is 7.89. The van der Waals surface area contributed by atoms with E-state index in [2.05, 4.69) is 0 Å². The molecule has 8 heteroatoms. The molecule has 24 heavy (non-hydrogen) atoms. The van der Waals surface area contributed by atoms with E-state index in [9.17, 15) is 13.2 Å². The Labute approximate surface area is 138 Å². The maximum Gasteiger partial charge on any atom is 0.339 e. The third-order valence-electron chi connectivity index (χ3n) is 3.61. The molecular formula is C16H14N2O5S. The minimum absolute atomic E-state index is 0.0119. The number of ether oxygens (including phenoxy) is 1. The van der Waals surface area contributed by atoms with Gasteiger partial charge in [-0.1, -0.05) is 12.1 Å². The Kier molecular flexibility index (Phi) is 4.13. The molecule has 0 amide bonds. The van der Waals surface area contributed by atoms with Gasteiger partial charge in [0, 0.05) is 6.07 Å². The van der Waals surface area contributed by atoms with E-state index in [-0.39, 0.29) is 29.7 Å². The molecule has 7 nitrogen and oxygen atoms in total. The summed E-state index contributed by atoms with van der Waals surface area (Å²) in [6.07, 6.45) is -0.352. The van der Waals surface area contributed by atoms with E-state index in [0.717, 1.165) is 0 Å². The van der Waals surface area contributed by atoms with E-state index >= 15 is 0 Å². The van der Waals surface area contributed by atoms with Crippen molar-refractivity contribution in [3.63, 3.8) is 0 Å². The first-order chi connectivity index (χ1) is 11.4. The van der Waals surface area contributed by atoms with Crippen LogP contribution in [0.2, 0.25) is 0 Å². The Balaban J connectivity index is 1.72. The average Bonchev–Trinajstić information content (AvgIpc) is 2.49. The van der Waals surface area contributed by atoms with Crippen LogP contribution in [0.15, 0.2) is 50.5 Å². The van der Waals surface area contributed by atoms with Crippen LogP contribution >= 0.6 is 0 Å². The molecular weight excluding hydrogens is 332 g/mol. The number of hydrogen-bond donors (Lipinski definition) is 0. The quantitative estimate of drug-likeness (QED) is 0.826. The lowest BCUT2D eigenvalue weighted by molar-refractivity contribution is 0.0754. The molecule has 0 bridgehead atoms. The Hall–Kier alpha value is -2.63. The van der Waals surface area contributed by atoms with Crippen molar-refractivity contribution in [2.45, 2.75) is 17.9 Å². The van der Waals surface area contributed by atoms with Gasteiger partial charge in [0.05, 0.1) is 29.6 Å². The van der Waals surface area contributed by atoms with Crippen molar-refractivity contribution in [1.29, 1.82) is 5.26 Å². The molecule has 0 aliphatic carbocycles. The van der Waals surface area contributed by atoms with Crippen molar-refractivity contribution in [1.82, 2.24) is 4.31 Å². The van der Waals surface area contributed by atoms with Crippen LogP contribution in [-0.4, -0.2) is 31.9 Å². The summed E-state index contributed by atoms with van der Waals surface area (Å²) in [5.41, 5.74) is -0.407. The van der Waals surface area contributed by atoms with Crippen LogP contribution in [-0.2, 0) is 10.0 Å². The van der Waals surface area contributed by atoms with Gasteiger partial charge >= 0.3 is 5.63 Å². The van der Waals surface area contributed by atoms with Gasteiger partial charge < -0.3 is 9.15 Å². The summed E-state index contributed by atoms with van der Waals surface area (Å²) in [6, 6.07) is 10.7. The molecule has 1 aliphatic heterocycles. The fourth-order valence-electron chi connectivity index (χ4n) is 2.43. The summed E-state index contributed by atoms with van der Waals surface area (Å²) in [5.74, 6) is 0.771. The number of nitriles is 1. The molecule has 1 aliphatic rings. The van der Waals surface area contributed by atoms with Crippen LogP contribution in [0.25, 0.3) is 0 Å². The molecule has 2 aromatic rings. The predicted octanol–water partition coefficient (Wildman–Crippen LogP) is 1.27. The predicted molar refractivity (Wildman–Crippen MR) is 84.0 cm³/mol.